The van der Waals surface area contributed by atoms with Gasteiger partial charge in [0.1, 0.15) is 11.5 Å². The highest BCUT2D eigenvalue weighted by Gasteiger charge is 2.57. The van der Waals surface area contributed by atoms with Gasteiger partial charge in [-0.3, -0.25) is 9.59 Å². The molecule has 1 saturated heterocycles. The van der Waals surface area contributed by atoms with E-state index in [9.17, 15) is 19.5 Å². The van der Waals surface area contributed by atoms with Crippen LogP contribution in [0, 0.1) is 5.92 Å². The number of carbonyl (C=O) groups is 3. The summed E-state index contributed by atoms with van der Waals surface area (Å²) in [5.74, 6) is -2.13. The Kier molecular flexibility index (Phi) is 7.16. The fraction of sp³-hybridized carbons (Fsp3) is 0.591. The highest BCUT2D eigenvalue weighted by atomic mass is 32.2. The largest absolute Gasteiger partial charge is 0.497 e. The van der Waals surface area contributed by atoms with Crippen LogP contribution < -0.4 is 9.47 Å². The van der Waals surface area contributed by atoms with Crippen LogP contribution in [0.15, 0.2) is 12.1 Å². The standard InChI is InChI=1S/C22H28O8S/c1-12-6-5-7-16-19(22(26,11-31-16)21(25)29-4)20(24)18-13(9-17(23)30-12)8-14(27-2)10-15(18)28-3/h8,10,12,16,19,26H,5-7,9,11H2,1-4H3/t12-,16-,19+,22+/m0/s1. The molecule has 0 aliphatic carbocycles. The van der Waals surface area contributed by atoms with Crippen molar-refractivity contribution >= 4 is 29.5 Å². The highest BCUT2D eigenvalue weighted by Crippen LogP contribution is 2.46. The van der Waals surface area contributed by atoms with Gasteiger partial charge in [0.25, 0.3) is 0 Å². The lowest BCUT2D eigenvalue weighted by atomic mass is 9.78. The highest BCUT2D eigenvalue weighted by molar-refractivity contribution is 8.00. The summed E-state index contributed by atoms with van der Waals surface area (Å²) in [4.78, 5) is 38.9. The Hall–Kier alpha value is -2.26. The second-order valence-corrected chi connectivity index (χ2v) is 9.11. The number of thioether (sulfide) groups is 1. The van der Waals surface area contributed by atoms with Crippen molar-refractivity contribution in [2.24, 2.45) is 5.92 Å². The number of hydrogen-bond acceptors (Lipinski definition) is 9. The second kappa shape index (κ2) is 9.48. The molecule has 31 heavy (non-hydrogen) atoms. The van der Waals surface area contributed by atoms with E-state index in [0.29, 0.717) is 30.6 Å². The number of esters is 2. The van der Waals surface area contributed by atoms with Crippen LogP contribution >= 0.6 is 11.8 Å². The third-order valence-corrected chi connectivity index (χ3v) is 7.39. The number of carbonyl (C=O) groups excluding carboxylic acids is 3. The SMILES string of the molecule is COC(=O)[C@@]1(O)CS[C@H]2CCC[C@H](C)OC(=O)Cc3cc(OC)cc(OC)c3C(=O)[C@@H]21. The van der Waals surface area contributed by atoms with Crippen molar-refractivity contribution in [1.29, 1.82) is 0 Å². The molecule has 2 aliphatic heterocycles. The lowest BCUT2D eigenvalue weighted by Crippen LogP contribution is -2.51. The van der Waals surface area contributed by atoms with Gasteiger partial charge >= 0.3 is 11.9 Å². The molecule has 0 aromatic heterocycles. The van der Waals surface area contributed by atoms with E-state index >= 15 is 0 Å². The van der Waals surface area contributed by atoms with Gasteiger partial charge in [-0.1, -0.05) is 0 Å². The summed E-state index contributed by atoms with van der Waals surface area (Å²) in [6.45, 7) is 1.83. The maximum atomic E-state index is 13.9. The summed E-state index contributed by atoms with van der Waals surface area (Å²) in [6.07, 6.45) is 1.42. The molecular formula is C22H28O8S. The summed E-state index contributed by atoms with van der Waals surface area (Å²) < 4.78 is 21.1. The summed E-state index contributed by atoms with van der Waals surface area (Å²) in [6, 6.07) is 3.13. The molecule has 1 aromatic rings. The average molecular weight is 453 g/mol. The fourth-order valence-corrected chi connectivity index (χ4v) is 5.95. The molecule has 0 saturated carbocycles. The third-order valence-electron chi connectivity index (χ3n) is 5.85. The smallest absolute Gasteiger partial charge is 0.339 e. The van der Waals surface area contributed by atoms with Gasteiger partial charge in [-0.15, -0.1) is 0 Å². The Bertz CT molecular complexity index is 869. The number of rotatable bonds is 3. The minimum atomic E-state index is -1.96. The summed E-state index contributed by atoms with van der Waals surface area (Å²) in [7, 11) is 4.07. The number of hydrogen-bond donors (Lipinski definition) is 1. The minimum absolute atomic E-state index is 0.0551. The molecule has 0 spiro atoms. The van der Waals surface area contributed by atoms with Crippen LogP contribution in [-0.4, -0.2) is 66.9 Å². The molecule has 1 N–H and O–H groups in total. The monoisotopic (exact) mass is 452 g/mol. The van der Waals surface area contributed by atoms with E-state index < -0.39 is 29.2 Å². The molecular weight excluding hydrogens is 424 g/mol. The predicted octanol–water partition coefficient (Wildman–Crippen LogP) is 2.18. The molecule has 0 bridgehead atoms. The minimum Gasteiger partial charge on any atom is -0.497 e. The van der Waals surface area contributed by atoms with Gasteiger partial charge in [-0.2, -0.15) is 11.8 Å². The van der Waals surface area contributed by atoms with Crippen LogP contribution in [-0.2, 0) is 25.5 Å². The molecule has 4 atom stereocenters. The van der Waals surface area contributed by atoms with E-state index in [1.807, 2.05) is 6.92 Å². The number of Topliss-reactive ketones (excluding diaryl/α,β-unsaturated/α-hetero) is 1. The Morgan fingerprint density at radius 3 is 2.58 bits per heavy atom. The zero-order valence-corrected chi connectivity index (χ0v) is 19.0. The van der Waals surface area contributed by atoms with Gasteiger partial charge in [0.15, 0.2) is 11.4 Å². The van der Waals surface area contributed by atoms with Crippen LogP contribution in [0.2, 0.25) is 0 Å². The molecule has 8 nitrogen and oxygen atoms in total. The van der Waals surface area contributed by atoms with Crippen LogP contribution in [0.4, 0.5) is 0 Å². The molecule has 9 heteroatoms. The van der Waals surface area contributed by atoms with Gasteiger partial charge in [-0.25, -0.2) is 4.79 Å². The number of methoxy groups -OCH3 is 3. The van der Waals surface area contributed by atoms with Crippen molar-refractivity contribution in [3.05, 3.63) is 23.3 Å². The van der Waals surface area contributed by atoms with E-state index in [2.05, 4.69) is 0 Å². The van der Waals surface area contributed by atoms with Gasteiger partial charge in [-0.05, 0) is 37.8 Å². The van der Waals surface area contributed by atoms with Gasteiger partial charge < -0.3 is 24.1 Å². The number of ether oxygens (including phenoxy) is 4. The first-order valence-electron chi connectivity index (χ1n) is 10.2. The molecule has 1 aromatic carbocycles. The first kappa shape index (κ1) is 23.4. The summed E-state index contributed by atoms with van der Waals surface area (Å²) >= 11 is 1.38. The van der Waals surface area contributed by atoms with Crippen molar-refractivity contribution in [3.63, 3.8) is 0 Å². The number of fused-ring (bicyclic) bond motifs is 2. The van der Waals surface area contributed by atoms with Gasteiger partial charge in [0.2, 0.25) is 0 Å². The Labute approximate surface area is 185 Å². The van der Waals surface area contributed by atoms with Crippen molar-refractivity contribution in [1.82, 2.24) is 0 Å². The molecule has 0 unspecified atom stereocenters. The Balaban J connectivity index is 2.18. The van der Waals surface area contributed by atoms with Crippen LogP contribution in [0.25, 0.3) is 0 Å². The van der Waals surface area contributed by atoms with E-state index in [-0.39, 0.29) is 34.8 Å². The van der Waals surface area contributed by atoms with Crippen LogP contribution in [0.3, 0.4) is 0 Å². The zero-order valence-electron chi connectivity index (χ0n) is 18.1. The van der Waals surface area contributed by atoms with Crippen molar-refractivity contribution < 1.29 is 38.4 Å². The van der Waals surface area contributed by atoms with Gasteiger partial charge in [0.05, 0.1) is 45.3 Å². The van der Waals surface area contributed by atoms with Crippen molar-refractivity contribution in [2.75, 3.05) is 27.1 Å². The van der Waals surface area contributed by atoms with Crippen LogP contribution in [0.5, 0.6) is 11.5 Å². The molecule has 3 rings (SSSR count). The Morgan fingerprint density at radius 1 is 1.19 bits per heavy atom. The lowest BCUT2D eigenvalue weighted by molar-refractivity contribution is -0.163. The van der Waals surface area contributed by atoms with E-state index in [1.165, 1.54) is 33.1 Å². The first-order chi connectivity index (χ1) is 14.7. The summed E-state index contributed by atoms with van der Waals surface area (Å²) in [5, 5.41) is 11.0. The van der Waals surface area contributed by atoms with E-state index in [4.69, 9.17) is 18.9 Å². The number of aliphatic hydroxyl groups is 1. The Morgan fingerprint density at radius 2 is 1.94 bits per heavy atom. The maximum Gasteiger partial charge on any atom is 0.339 e. The van der Waals surface area contributed by atoms with E-state index in [1.54, 1.807) is 12.1 Å². The topological polar surface area (TPSA) is 108 Å². The fourth-order valence-electron chi connectivity index (χ4n) is 4.31. The van der Waals surface area contributed by atoms with Gasteiger partial charge in [0, 0.05) is 17.1 Å². The predicted molar refractivity (Wildman–Crippen MR) is 114 cm³/mol. The van der Waals surface area contributed by atoms with Crippen molar-refractivity contribution in [2.45, 2.75) is 49.6 Å². The number of ketones is 1. The lowest BCUT2D eigenvalue weighted by Gasteiger charge is -2.30. The number of cyclic esters (lactones) is 1. The van der Waals surface area contributed by atoms with Crippen LogP contribution in [0.1, 0.15) is 42.1 Å². The normalized spacial score (nSPS) is 29.0. The van der Waals surface area contributed by atoms with Crippen molar-refractivity contribution in [3.8, 4) is 11.5 Å². The molecule has 170 valence electrons. The quantitative estimate of drug-likeness (QED) is 0.690. The number of benzene rings is 1. The first-order valence-corrected chi connectivity index (χ1v) is 11.2. The molecule has 2 heterocycles. The molecule has 2 aliphatic rings. The van der Waals surface area contributed by atoms with E-state index in [0.717, 1.165) is 0 Å². The molecule has 1 fully saturated rings. The second-order valence-electron chi connectivity index (χ2n) is 7.88. The zero-order chi connectivity index (χ0) is 22.8. The average Bonchev–Trinajstić information content (AvgIpc) is 3.08. The third kappa shape index (κ3) is 4.52. The maximum absolute atomic E-state index is 13.9. The summed E-state index contributed by atoms with van der Waals surface area (Å²) in [5.41, 5.74) is -1.45. The molecule has 0 radical (unpaired) electrons. The molecule has 0 amide bonds.